The standard InChI is InChI=1S/C31H29Cl2N7O4/c1-2-40-30(43)26(36-31(44)37-27-23(32)16-35-17-24(27)33)15-25(38-40)21-7-3-5-19(13-21)20-6-4-8-22(14-20)29(42)39-11-9-18(10-12-39)28(34)41/h3-8,13-18H,2,9-12H2,1H3,(H2,34,41)(H2,35,36,37,44). The van der Waals surface area contributed by atoms with Crippen LogP contribution in [-0.2, 0) is 11.3 Å². The van der Waals surface area contributed by atoms with Gasteiger partial charge in [0.25, 0.3) is 11.5 Å². The summed E-state index contributed by atoms with van der Waals surface area (Å²) in [6, 6.07) is 15.6. The molecule has 1 saturated heterocycles. The first kappa shape index (κ1) is 30.7. The Labute approximate surface area is 263 Å². The van der Waals surface area contributed by atoms with Crippen LogP contribution in [0, 0.1) is 5.92 Å². The Morgan fingerprint density at radius 1 is 0.932 bits per heavy atom. The predicted octanol–water partition coefficient (Wildman–Crippen LogP) is 5.28. The lowest BCUT2D eigenvalue weighted by molar-refractivity contribution is -0.123. The molecule has 0 atom stereocenters. The smallest absolute Gasteiger partial charge is 0.323 e. The molecule has 0 saturated carbocycles. The minimum absolute atomic E-state index is 0.00811. The summed E-state index contributed by atoms with van der Waals surface area (Å²) in [7, 11) is 0. The highest BCUT2D eigenvalue weighted by Gasteiger charge is 2.26. The van der Waals surface area contributed by atoms with E-state index in [4.69, 9.17) is 28.9 Å². The monoisotopic (exact) mass is 633 g/mol. The fourth-order valence-electron chi connectivity index (χ4n) is 5.02. The number of halogens is 2. The molecular weight excluding hydrogens is 605 g/mol. The predicted molar refractivity (Wildman–Crippen MR) is 170 cm³/mol. The van der Waals surface area contributed by atoms with Crippen LogP contribution in [0.25, 0.3) is 22.4 Å². The van der Waals surface area contributed by atoms with Gasteiger partial charge in [0.1, 0.15) is 5.69 Å². The van der Waals surface area contributed by atoms with E-state index < -0.39 is 11.6 Å². The Balaban J connectivity index is 1.39. The topological polar surface area (TPSA) is 152 Å². The maximum absolute atomic E-state index is 13.2. The highest BCUT2D eigenvalue weighted by Crippen LogP contribution is 2.30. The summed E-state index contributed by atoms with van der Waals surface area (Å²) in [5, 5.41) is 9.90. The molecule has 226 valence electrons. The molecule has 13 heteroatoms. The van der Waals surface area contributed by atoms with Crippen LogP contribution in [0.1, 0.15) is 30.1 Å². The van der Waals surface area contributed by atoms with Crippen LogP contribution in [0.15, 0.2) is 71.8 Å². The van der Waals surface area contributed by atoms with Crippen molar-refractivity contribution in [2.24, 2.45) is 11.7 Å². The molecule has 0 unspecified atom stereocenters. The quantitative estimate of drug-likeness (QED) is 0.252. The van der Waals surface area contributed by atoms with E-state index in [1.807, 2.05) is 42.5 Å². The molecule has 5 rings (SSSR count). The number of anilines is 2. The van der Waals surface area contributed by atoms with Gasteiger partial charge in [-0.25, -0.2) is 9.48 Å². The van der Waals surface area contributed by atoms with Crippen molar-refractivity contribution in [1.29, 1.82) is 0 Å². The van der Waals surface area contributed by atoms with E-state index in [0.29, 0.717) is 42.8 Å². The fraction of sp³-hybridized carbons (Fsp3) is 0.226. The van der Waals surface area contributed by atoms with E-state index in [9.17, 15) is 19.2 Å². The zero-order chi connectivity index (χ0) is 31.4. The largest absolute Gasteiger partial charge is 0.369 e. The van der Waals surface area contributed by atoms with Crippen LogP contribution in [0.2, 0.25) is 10.0 Å². The minimum atomic E-state index is -0.717. The highest BCUT2D eigenvalue weighted by molar-refractivity contribution is 6.39. The van der Waals surface area contributed by atoms with Crippen molar-refractivity contribution >= 4 is 52.4 Å². The van der Waals surface area contributed by atoms with Gasteiger partial charge in [0.2, 0.25) is 5.91 Å². The molecule has 0 bridgehead atoms. The van der Waals surface area contributed by atoms with Crippen molar-refractivity contribution in [3.8, 4) is 22.4 Å². The SMILES string of the molecule is CCn1nc(-c2cccc(-c3cccc(C(=O)N4CCC(C(N)=O)CC4)c3)c2)cc(NC(=O)Nc2c(Cl)cncc2Cl)c1=O. The molecule has 3 heterocycles. The normalized spacial score (nSPS) is 13.4. The summed E-state index contributed by atoms with van der Waals surface area (Å²) >= 11 is 12.2. The second kappa shape index (κ2) is 13.3. The van der Waals surface area contributed by atoms with E-state index in [-0.39, 0.29) is 45.7 Å². The second-order valence-corrected chi connectivity index (χ2v) is 11.1. The van der Waals surface area contributed by atoms with Gasteiger partial charge >= 0.3 is 6.03 Å². The van der Waals surface area contributed by atoms with Crippen LogP contribution < -0.4 is 21.9 Å². The number of aryl methyl sites for hydroxylation is 1. The first-order chi connectivity index (χ1) is 21.1. The summed E-state index contributed by atoms with van der Waals surface area (Å²) in [6.45, 7) is 2.99. The van der Waals surface area contributed by atoms with Gasteiger partial charge in [-0.2, -0.15) is 5.10 Å². The van der Waals surface area contributed by atoms with Crippen LogP contribution in [0.5, 0.6) is 0 Å². The molecule has 0 spiro atoms. The van der Waals surface area contributed by atoms with Gasteiger partial charge in [-0.3, -0.25) is 19.4 Å². The number of amides is 4. The lowest BCUT2D eigenvalue weighted by Crippen LogP contribution is -2.41. The maximum atomic E-state index is 13.2. The third-order valence-electron chi connectivity index (χ3n) is 7.40. The summed E-state index contributed by atoms with van der Waals surface area (Å²) in [4.78, 5) is 56.2. The van der Waals surface area contributed by atoms with Crippen molar-refractivity contribution in [2.75, 3.05) is 23.7 Å². The molecule has 4 amide bonds. The molecule has 11 nitrogen and oxygen atoms in total. The zero-order valence-electron chi connectivity index (χ0n) is 23.7. The average molecular weight is 635 g/mol. The molecule has 4 N–H and O–H groups in total. The third kappa shape index (κ3) is 6.74. The number of likely N-dealkylation sites (tertiary alicyclic amines) is 1. The number of rotatable bonds is 7. The van der Waals surface area contributed by atoms with Gasteiger partial charge in [0.15, 0.2) is 0 Å². The van der Waals surface area contributed by atoms with Crippen LogP contribution in [-0.4, -0.2) is 50.6 Å². The number of nitrogens with zero attached hydrogens (tertiary/aromatic N) is 4. The first-order valence-electron chi connectivity index (χ1n) is 13.9. The first-order valence-corrected chi connectivity index (χ1v) is 14.7. The van der Waals surface area contributed by atoms with Gasteiger partial charge in [-0.1, -0.05) is 53.5 Å². The number of pyridine rings is 1. The van der Waals surface area contributed by atoms with E-state index >= 15 is 0 Å². The lowest BCUT2D eigenvalue weighted by Gasteiger charge is -2.30. The number of carbonyl (C=O) groups is 3. The van der Waals surface area contributed by atoms with Crippen molar-refractivity contribution in [3.05, 3.63) is 93.0 Å². The Kier molecular flexibility index (Phi) is 9.26. The molecule has 2 aromatic carbocycles. The number of carbonyl (C=O) groups excluding carboxylic acids is 3. The highest BCUT2D eigenvalue weighted by atomic mass is 35.5. The third-order valence-corrected chi connectivity index (χ3v) is 7.97. The molecule has 1 aliphatic rings. The lowest BCUT2D eigenvalue weighted by atomic mass is 9.95. The molecule has 1 aliphatic heterocycles. The number of primary amides is 1. The van der Waals surface area contributed by atoms with Gasteiger partial charge in [-0.05, 0) is 55.2 Å². The number of urea groups is 1. The number of aromatic nitrogens is 3. The number of piperidine rings is 1. The van der Waals surface area contributed by atoms with Gasteiger partial charge < -0.3 is 21.3 Å². The van der Waals surface area contributed by atoms with Crippen molar-refractivity contribution in [3.63, 3.8) is 0 Å². The summed E-state index contributed by atoms with van der Waals surface area (Å²) in [6.07, 6.45) is 3.79. The number of hydrogen-bond acceptors (Lipinski definition) is 6. The van der Waals surface area contributed by atoms with Crippen molar-refractivity contribution in [2.45, 2.75) is 26.3 Å². The van der Waals surface area contributed by atoms with Crippen LogP contribution >= 0.6 is 23.2 Å². The number of benzene rings is 2. The van der Waals surface area contributed by atoms with E-state index in [0.717, 1.165) is 11.1 Å². The van der Waals surface area contributed by atoms with Crippen LogP contribution in [0.3, 0.4) is 0 Å². The molecular formula is C31H29Cl2N7O4. The van der Waals surface area contributed by atoms with Crippen molar-refractivity contribution in [1.82, 2.24) is 19.7 Å². The minimum Gasteiger partial charge on any atom is -0.369 e. The average Bonchev–Trinajstić information content (AvgIpc) is 3.03. The summed E-state index contributed by atoms with van der Waals surface area (Å²) in [5.41, 5.74) is 8.45. The van der Waals surface area contributed by atoms with E-state index in [1.54, 1.807) is 17.9 Å². The Morgan fingerprint density at radius 2 is 1.57 bits per heavy atom. The number of hydrogen-bond donors (Lipinski definition) is 3. The molecule has 4 aromatic rings. The molecule has 1 fully saturated rings. The molecule has 2 aromatic heterocycles. The maximum Gasteiger partial charge on any atom is 0.323 e. The van der Waals surface area contributed by atoms with Gasteiger partial charge in [0.05, 0.1) is 21.4 Å². The van der Waals surface area contributed by atoms with Gasteiger partial charge in [-0.15, -0.1) is 0 Å². The molecule has 44 heavy (non-hydrogen) atoms. The van der Waals surface area contributed by atoms with Crippen LogP contribution in [0.4, 0.5) is 16.2 Å². The second-order valence-electron chi connectivity index (χ2n) is 10.3. The summed E-state index contributed by atoms with van der Waals surface area (Å²) < 4.78 is 1.25. The Morgan fingerprint density at radius 3 is 2.23 bits per heavy atom. The Bertz CT molecular complexity index is 1780. The number of nitrogens with one attached hydrogen (secondary N) is 2. The Hall–Kier alpha value is -4.74. The van der Waals surface area contributed by atoms with E-state index in [1.165, 1.54) is 23.1 Å². The number of nitrogens with two attached hydrogens (primary N) is 1. The zero-order valence-corrected chi connectivity index (χ0v) is 25.2. The van der Waals surface area contributed by atoms with E-state index in [2.05, 4.69) is 20.7 Å². The van der Waals surface area contributed by atoms with Gasteiger partial charge in [0, 0.05) is 49.1 Å². The fourth-order valence-corrected chi connectivity index (χ4v) is 5.48. The molecule has 0 radical (unpaired) electrons. The summed E-state index contributed by atoms with van der Waals surface area (Å²) in [5.74, 6) is -0.632. The molecule has 0 aliphatic carbocycles. The van der Waals surface area contributed by atoms with Crippen molar-refractivity contribution < 1.29 is 14.4 Å².